The summed E-state index contributed by atoms with van der Waals surface area (Å²) in [6.07, 6.45) is -2.34. The SMILES string of the molecule is [2H]C1C[C@@]([2H])(N2Cc3cc(C([2H])([2H])N([2H])C(=O)C(F)(F)c4ccc(Cl)cc4)ccc3C2=O)C(=O)N([2H])C1=O. The Morgan fingerprint density at radius 3 is 2.78 bits per heavy atom. The van der Waals surface area contributed by atoms with E-state index >= 15 is 0 Å². The summed E-state index contributed by atoms with van der Waals surface area (Å²) in [5.41, 5.74) is -1.27. The number of alkyl halides is 2. The Hall–Kier alpha value is -3.33. The van der Waals surface area contributed by atoms with Gasteiger partial charge in [0.1, 0.15) is 6.02 Å². The number of fused-ring (bicyclic) bond motifs is 1. The van der Waals surface area contributed by atoms with Gasteiger partial charge in [-0.05, 0) is 35.7 Å². The Morgan fingerprint density at radius 1 is 1.34 bits per heavy atom. The minimum atomic E-state index is -4.27. The molecule has 2 aliphatic heterocycles. The van der Waals surface area contributed by atoms with E-state index in [-0.39, 0.29) is 21.5 Å². The number of halogens is 3. The number of rotatable bonds is 5. The minimum absolute atomic E-state index is 0.0519. The molecule has 1 unspecified atom stereocenters. The van der Waals surface area contributed by atoms with Crippen LogP contribution in [0, 0.1) is 0 Å². The summed E-state index contributed by atoms with van der Waals surface area (Å²) in [4.78, 5) is 50.5. The van der Waals surface area contributed by atoms with E-state index in [0.29, 0.717) is 0 Å². The molecular weight excluding hydrogens is 444 g/mol. The van der Waals surface area contributed by atoms with Crippen LogP contribution in [0.2, 0.25) is 7.85 Å². The van der Waals surface area contributed by atoms with Gasteiger partial charge in [0.15, 0.2) is 2.82 Å². The third-order valence-corrected chi connectivity index (χ3v) is 5.18. The van der Waals surface area contributed by atoms with Crippen LogP contribution in [0.15, 0.2) is 42.5 Å². The number of carbonyl (C=O) groups is 4. The molecule has 4 rings (SSSR count). The summed E-state index contributed by atoms with van der Waals surface area (Å²) < 4.78 is 77.8. The van der Waals surface area contributed by atoms with Crippen LogP contribution in [0.3, 0.4) is 0 Å². The maximum atomic E-state index is 14.8. The molecule has 0 aromatic heterocycles. The zero-order valence-corrected chi connectivity index (χ0v) is 16.9. The number of imide groups is 1. The van der Waals surface area contributed by atoms with Crippen LogP contribution < -0.4 is 10.6 Å². The van der Waals surface area contributed by atoms with Gasteiger partial charge < -0.3 is 10.2 Å². The fraction of sp³-hybridized carbons (Fsp3) is 0.273. The van der Waals surface area contributed by atoms with E-state index in [1.807, 2.05) is 0 Å². The summed E-state index contributed by atoms with van der Waals surface area (Å²) in [6, 6.07) is 4.64. The predicted molar refractivity (Wildman–Crippen MR) is 110 cm³/mol. The van der Waals surface area contributed by atoms with Crippen molar-refractivity contribution in [2.45, 2.75) is 37.8 Å². The van der Waals surface area contributed by atoms with E-state index in [1.165, 1.54) is 0 Å². The molecule has 2 aliphatic rings. The lowest BCUT2D eigenvalue weighted by Crippen LogP contribution is -2.52. The average molecular weight is 468 g/mol. The highest BCUT2D eigenvalue weighted by Gasteiger charge is 2.41. The molecule has 166 valence electrons. The molecule has 1 fully saturated rings. The Bertz CT molecular complexity index is 1370. The second kappa shape index (κ2) is 8.31. The zero-order valence-electron chi connectivity index (χ0n) is 22.1. The Morgan fingerprint density at radius 2 is 2.06 bits per heavy atom. The average Bonchev–Trinajstić information content (AvgIpc) is 3.22. The third-order valence-electron chi connectivity index (χ3n) is 4.93. The molecule has 2 N–H and O–H groups in total. The lowest BCUT2D eigenvalue weighted by Gasteiger charge is -2.29. The highest BCUT2D eigenvalue weighted by atomic mass is 35.5. The van der Waals surface area contributed by atoms with Gasteiger partial charge in [-0.3, -0.25) is 24.5 Å². The third kappa shape index (κ3) is 4.08. The second-order valence-electron chi connectivity index (χ2n) is 6.98. The molecule has 1 saturated heterocycles. The molecule has 0 radical (unpaired) electrons. The molecule has 7 nitrogen and oxygen atoms in total. The van der Waals surface area contributed by atoms with Gasteiger partial charge >= 0.3 is 5.92 Å². The molecule has 0 aliphatic carbocycles. The van der Waals surface area contributed by atoms with Gasteiger partial charge in [-0.25, -0.2) is 0 Å². The first-order valence-electron chi connectivity index (χ1n) is 12.2. The molecule has 2 aromatic rings. The van der Waals surface area contributed by atoms with E-state index in [2.05, 4.69) is 0 Å². The number of hydrogen-bond acceptors (Lipinski definition) is 4. The Labute approximate surface area is 195 Å². The summed E-state index contributed by atoms with van der Waals surface area (Å²) in [5, 5.41) is -0.525. The first-order chi connectivity index (χ1) is 17.5. The predicted octanol–water partition coefficient (Wildman–Crippen LogP) is 2.51. The quantitative estimate of drug-likeness (QED) is 0.660. The van der Waals surface area contributed by atoms with E-state index in [1.54, 1.807) is 0 Å². The van der Waals surface area contributed by atoms with Crippen molar-refractivity contribution >= 4 is 35.2 Å². The van der Waals surface area contributed by atoms with Crippen LogP contribution in [0.4, 0.5) is 8.78 Å². The van der Waals surface area contributed by atoms with Crippen molar-refractivity contribution in [2.24, 2.45) is 0 Å². The molecule has 4 amide bonds. The van der Waals surface area contributed by atoms with Crippen molar-refractivity contribution in [3.05, 3.63) is 69.7 Å². The number of amides is 4. The van der Waals surface area contributed by atoms with Crippen molar-refractivity contribution in [1.29, 1.82) is 0 Å². The molecule has 32 heavy (non-hydrogen) atoms. The van der Waals surface area contributed by atoms with Gasteiger partial charge in [0.05, 0.1) is 4.11 Å². The van der Waals surface area contributed by atoms with Crippen molar-refractivity contribution in [3.8, 4) is 0 Å². The summed E-state index contributed by atoms with van der Waals surface area (Å²) in [6.45, 7) is -3.57. The lowest BCUT2D eigenvalue weighted by atomic mass is 10.0. The molecule has 2 atom stereocenters. The number of carbonyl (C=O) groups excluding carboxylic acids is 4. The van der Waals surface area contributed by atoms with Crippen LogP contribution >= 0.6 is 11.6 Å². The van der Waals surface area contributed by atoms with Gasteiger partial charge in [-0.1, -0.05) is 35.9 Å². The standard InChI is InChI=1S/C22H18ClF2N3O4/c23-15-4-2-14(3-5-15)22(24,25)21(32)26-10-12-1-6-16-13(9-12)11-28(20(16)31)17-7-8-18(29)27-19(17)30/h1-6,9,17H,7-8,10-11H2,(H,26,32)(H,27,29,30)/t17-/m1/s1/i8D,10D2,17D/hD2/t8?,17-. The summed E-state index contributed by atoms with van der Waals surface area (Å²) in [5.74, 6) is -9.78. The van der Waals surface area contributed by atoms with Crippen LogP contribution in [0.1, 0.15) is 45.3 Å². The number of nitrogens with zero attached hydrogens (tertiary/aromatic N) is 1. The maximum Gasteiger partial charge on any atom is 0.349 e. The second-order valence-corrected chi connectivity index (χ2v) is 7.42. The number of nitrogens with one attached hydrogen (secondary N) is 2. The van der Waals surface area contributed by atoms with Crippen LogP contribution in [0.5, 0.6) is 0 Å². The van der Waals surface area contributed by atoms with Crippen molar-refractivity contribution in [3.63, 3.8) is 0 Å². The monoisotopic (exact) mass is 467 g/mol. The van der Waals surface area contributed by atoms with E-state index in [0.717, 1.165) is 47.4 Å². The van der Waals surface area contributed by atoms with Gasteiger partial charge in [0, 0.05) is 37.0 Å². The Balaban J connectivity index is 1.62. The number of piperidine rings is 1. The fourth-order valence-corrected chi connectivity index (χ4v) is 3.41. The molecule has 0 saturated carbocycles. The molecular formula is C22H18ClF2N3O4. The van der Waals surface area contributed by atoms with Crippen LogP contribution in [-0.4, -0.2) is 34.5 Å². The lowest BCUT2D eigenvalue weighted by molar-refractivity contribution is -0.147. The van der Waals surface area contributed by atoms with E-state index in [9.17, 15) is 28.0 Å². The molecule has 2 aromatic carbocycles. The Kier molecular flexibility index (Phi) is 4.02. The maximum absolute atomic E-state index is 14.8. The summed E-state index contributed by atoms with van der Waals surface area (Å²) in [7, 11) is 0. The van der Waals surface area contributed by atoms with Gasteiger partial charge in [0.25, 0.3) is 11.8 Å². The van der Waals surface area contributed by atoms with E-state index < -0.39 is 77.9 Å². The smallest absolute Gasteiger partial charge is 0.346 e. The highest BCUT2D eigenvalue weighted by molar-refractivity contribution is 6.30. The van der Waals surface area contributed by atoms with Gasteiger partial charge in [-0.2, -0.15) is 8.78 Å². The minimum Gasteiger partial charge on any atom is -0.346 e. The number of benzene rings is 2. The first kappa shape index (κ1) is 15.5. The van der Waals surface area contributed by atoms with Crippen LogP contribution in [-0.2, 0) is 33.3 Å². The topological polar surface area (TPSA) is 95.6 Å². The van der Waals surface area contributed by atoms with Crippen molar-refractivity contribution in [2.75, 3.05) is 0 Å². The first-order valence-corrected chi connectivity index (χ1v) is 9.63. The fourth-order valence-electron chi connectivity index (χ4n) is 3.28. The molecule has 0 bridgehead atoms. The molecule has 0 spiro atoms. The summed E-state index contributed by atoms with van der Waals surface area (Å²) >= 11 is 5.68. The number of hydrogen-bond donors (Lipinski definition) is 2. The highest BCUT2D eigenvalue weighted by Crippen LogP contribution is 2.30. The zero-order chi connectivity index (χ0) is 28.4. The van der Waals surface area contributed by atoms with E-state index in [4.69, 9.17) is 19.9 Å². The van der Waals surface area contributed by atoms with Crippen molar-refractivity contribution in [1.82, 2.24) is 15.5 Å². The molecule has 10 heteroatoms. The van der Waals surface area contributed by atoms with Gasteiger partial charge in [-0.15, -0.1) is 0 Å². The van der Waals surface area contributed by atoms with Crippen molar-refractivity contribution < 1.29 is 36.3 Å². The largest absolute Gasteiger partial charge is 0.349 e. The van der Waals surface area contributed by atoms with Crippen LogP contribution in [0.25, 0.3) is 0 Å². The van der Waals surface area contributed by atoms with Gasteiger partial charge in [0.2, 0.25) is 11.8 Å². The normalized spacial score (nSPS) is 26.5. The molecule has 2 heterocycles.